The van der Waals surface area contributed by atoms with Crippen LogP contribution in [0.2, 0.25) is 0 Å². The van der Waals surface area contributed by atoms with Crippen LogP contribution in [0.5, 0.6) is 0 Å². The van der Waals surface area contributed by atoms with Gasteiger partial charge < -0.3 is 20.3 Å². The van der Waals surface area contributed by atoms with Gasteiger partial charge in [0.15, 0.2) is 0 Å². The molecule has 0 radical (unpaired) electrons. The zero-order valence-electron chi connectivity index (χ0n) is 52.0. The van der Waals surface area contributed by atoms with Crippen LogP contribution >= 0.6 is 0 Å². The first-order valence-electron chi connectivity index (χ1n) is 34.8. The molecule has 2 unspecified atom stereocenters. The average molecular weight is 1080 g/mol. The van der Waals surface area contributed by atoms with Crippen LogP contribution in [0.4, 0.5) is 0 Å². The Morgan fingerprint density at radius 3 is 0.987 bits per heavy atom. The molecule has 2 atom stereocenters. The van der Waals surface area contributed by atoms with E-state index in [0.29, 0.717) is 19.4 Å². The highest BCUT2D eigenvalue weighted by atomic mass is 16.5. The molecule has 0 spiro atoms. The van der Waals surface area contributed by atoms with Crippen LogP contribution < -0.4 is 5.32 Å². The van der Waals surface area contributed by atoms with Gasteiger partial charge in [-0.15, -0.1) is 0 Å². The molecule has 6 heteroatoms. The predicted molar refractivity (Wildman–Crippen MR) is 338 cm³/mol. The van der Waals surface area contributed by atoms with E-state index in [-0.39, 0.29) is 18.5 Å². The molecule has 0 saturated carbocycles. The van der Waals surface area contributed by atoms with Gasteiger partial charge in [-0.2, -0.15) is 0 Å². The number of ether oxygens (including phenoxy) is 1. The van der Waals surface area contributed by atoms with Gasteiger partial charge in [0.1, 0.15) is 0 Å². The van der Waals surface area contributed by atoms with Gasteiger partial charge in [0.25, 0.3) is 0 Å². The first-order valence-corrected chi connectivity index (χ1v) is 34.8. The van der Waals surface area contributed by atoms with Crippen LogP contribution in [-0.2, 0) is 14.3 Å². The molecule has 3 N–H and O–H groups in total. The lowest BCUT2D eigenvalue weighted by molar-refractivity contribution is -0.143. The lowest BCUT2D eigenvalue weighted by atomic mass is 10.0. The fraction of sp³-hybridized carbons (Fsp3) is 0.887. The molecule has 0 saturated heterocycles. The molecule has 77 heavy (non-hydrogen) atoms. The van der Waals surface area contributed by atoms with Crippen molar-refractivity contribution in [1.29, 1.82) is 0 Å². The van der Waals surface area contributed by atoms with Crippen LogP contribution in [0.15, 0.2) is 36.5 Å². The van der Waals surface area contributed by atoms with E-state index in [4.69, 9.17) is 4.74 Å². The minimum absolute atomic E-state index is 0.0114. The molecular weight excluding hydrogens is 947 g/mol. The fourth-order valence-corrected chi connectivity index (χ4v) is 10.8. The highest BCUT2D eigenvalue weighted by molar-refractivity contribution is 5.76. The Kier molecular flexibility index (Phi) is 64.9. The smallest absolute Gasteiger partial charge is 0.305 e. The molecule has 0 aromatic carbocycles. The first kappa shape index (κ1) is 75.1. The highest BCUT2D eigenvalue weighted by Gasteiger charge is 2.18. The zero-order chi connectivity index (χ0) is 55.7. The number of allylic oxidation sites excluding steroid dienone is 5. The second kappa shape index (κ2) is 66.6. The third-order valence-corrected chi connectivity index (χ3v) is 16.2. The Balaban J connectivity index is 3.45. The third kappa shape index (κ3) is 63.1. The van der Waals surface area contributed by atoms with Crippen LogP contribution in [0.1, 0.15) is 380 Å². The summed E-state index contributed by atoms with van der Waals surface area (Å²) in [5.41, 5.74) is 0. The van der Waals surface area contributed by atoms with Crippen molar-refractivity contribution in [2.45, 2.75) is 392 Å². The predicted octanol–water partition coefficient (Wildman–Crippen LogP) is 22.3. The van der Waals surface area contributed by atoms with Gasteiger partial charge in [-0.25, -0.2) is 0 Å². The van der Waals surface area contributed by atoms with Crippen molar-refractivity contribution in [3.63, 3.8) is 0 Å². The summed E-state index contributed by atoms with van der Waals surface area (Å²) < 4.78 is 5.50. The van der Waals surface area contributed by atoms with Gasteiger partial charge >= 0.3 is 5.97 Å². The number of aliphatic hydroxyl groups is 2. The lowest BCUT2D eigenvalue weighted by Gasteiger charge is -2.20. The van der Waals surface area contributed by atoms with Crippen molar-refractivity contribution in [3.05, 3.63) is 36.5 Å². The van der Waals surface area contributed by atoms with Crippen molar-refractivity contribution in [3.8, 4) is 0 Å². The Hall–Kier alpha value is -1.92. The highest BCUT2D eigenvalue weighted by Crippen LogP contribution is 2.18. The Labute approximate surface area is 481 Å². The van der Waals surface area contributed by atoms with Crippen LogP contribution in [0.3, 0.4) is 0 Å². The summed E-state index contributed by atoms with van der Waals surface area (Å²) in [5.74, 6) is -0.0642. The molecule has 454 valence electrons. The number of rotatable bonds is 65. The summed E-state index contributed by atoms with van der Waals surface area (Å²) in [6, 6.07) is -0.637. The van der Waals surface area contributed by atoms with E-state index < -0.39 is 12.1 Å². The molecule has 0 aromatic heterocycles. The van der Waals surface area contributed by atoms with E-state index in [1.165, 1.54) is 295 Å². The maximum absolute atomic E-state index is 12.5. The quantitative estimate of drug-likeness (QED) is 0.0320. The topological polar surface area (TPSA) is 95.9 Å². The van der Waals surface area contributed by atoms with E-state index in [2.05, 4.69) is 43.5 Å². The molecule has 0 aliphatic rings. The maximum atomic E-state index is 12.5. The van der Waals surface area contributed by atoms with Crippen LogP contribution in [-0.4, -0.2) is 47.4 Å². The summed E-state index contributed by atoms with van der Waals surface area (Å²) in [7, 11) is 0. The summed E-state index contributed by atoms with van der Waals surface area (Å²) in [5, 5.41) is 23.2. The van der Waals surface area contributed by atoms with Crippen molar-refractivity contribution < 1.29 is 24.5 Å². The minimum atomic E-state index is -0.852. The number of carbonyl (C=O) groups excluding carboxylic acids is 2. The summed E-state index contributed by atoms with van der Waals surface area (Å²) in [4.78, 5) is 24.6. The van der Waals surface area contributed by atoms with Crippen LogP contribution in [0.25, 0.3) is 0 Å². The zero-order valence-corrected chi connectivity index (χ0v) is 52.0. The van der Waals surface area contributed by atoms with E-state index in [1.54, 1.807) is 6.08 Å². The number of hydrogen-bond donors (Lipinski definition) is 3. The Bertz CT molecular complexity index is 1250. The number of nitrogens with one attached hydrogen (secondary N) is 1. The maximum Gasteiger partial charge on any atom is 0.305 e. The molecule has 0 heterocycles. The summed E-state index contributed by atoms with van der Waals surface area (Å²) >= 11 is 0. The van der Waals surface area contributed by atoms with E-state index in [0.717, 1.165) is 57.8 Å². The second-order valence-electron chi connectivity index (χ2n) is 23.9. The number of amides is 1. The third-order valence-electron chi connectivity index (χ3n) is 16.2. The Morgan fingerprint density at radius 2 is 0.649 bits per heavy atom. The van der Waals surface area contributed by atoms with Gasteiger partial charge in [0.2, 0.25) is 5.91 Å². The van der Waals surface area contributed by atoms with Crippen molar-refractivity contribution in [2.24, 2.45) is 0 Å². The van der Waals surface area contributed by atoms with Crippen LogP contribution in [0, 0.1) is 0 Å². The molecule has 0 fully saturated rings. The molecule has 0 bridgehead atoms. The van der Waals surface area contributed by atoms with E-state index in [1.807, 2.05) is 6.08 Å². The standard InChI is InChI=1S/C71H135NO5/c1-3-5-7-9-11-13-15-17-19-21-28-31-35-39-43-47-51-55-59-63-69(74)68(67-73)72-70(75)64-60-56-52-48-44-40-36-32-29-26-24-23-25-27-30-34-38-42-46-50-54-58-62-66-77-71(76)65-61-57-53-49-45-41-37-33-22-20-18-16-14-12-10-8-6-4-2/h23,25-26,29,59,63,68-69,73-74H,3-22,24,27-28,30-58,60-62,64-67H2,1-2H3,(H,72,75)/b25-23-,29-26-,63-59+. The monoisotopic (exact) mass is 1080 g/mol. The Morgan fingerprint density at radius 1 is 0.364 bits per heavy atom. The lowest BCUT2D eigenvalue weighted by Crippen LogP contribution is -2.45. The van der Waals surface area contributed by atoms with Gasteiger partial charge in [-0.1, -0.05) is 339 Å². The normalized spacial score (nSPS) is 12.7. The average Bonchev–Trinajstić information content (AvgIpc) is 3.43. The number of esters is 1. The molecule has 0 aliphatic heterocycles. The number of hydrogen-bond acceptors (Lipinski definition) is 5. The van der Waals surface area contributed by atoms with Crippen molar-refractivity contribution in [2.75, 3.05) is 13.2 Å². The molecule has 1 amide bonds. The first-order chi connectivity index (χ1) is 38.0. The van der Waals surface area contributed by atoms with Crippen molar-refractivity contribution >= 4 is 11.9 Å². The molecule has 0 aromatic rings. The SMILES string of the molecule is CCCCCCCCCCCCCCCCCCC/C=C/C(O)C(CO)NC(=O)CCCCCCCCC/C=C\C/C=C\CCCCCCCCCCCOC(=O)CCCCCCCCCCCCCCCCCCCC. The second-order valence-corrected chi connectivity index (χ2v) is 23.9. The number of carbonyl (C=O) groups is 2. The van der Waals surface area contributed by atoms with E-state index >= 15 is 0 Å². The molecule has 0 rings (SSSR count). The van der Waals surface area contributed by atoms with Gasteiger partial charge in [0.05, 0.1) is 25.4 Å². The van der Waals surface area contributed by atoms with Gasteiger partial charge in [0, 0.05) is 12.8 Å². The summed E-state index contributed by atoms with van der Waals surface area (Å²) in [6.07, 6.45) is 85.0. The fourth-order valence-electron chi connectivity index (χ4n) is 10.8. The number of aliphatic hydroxyl groups excluding tert-OH is 2. The van der Waals surface area contributed by atoms with Gasteiger partial charge in [-0.3, -0.25) is 9.59 Å². The number of unbranched alkanes of at least 4 members (excludes halogenated alkanes) is 50. The molecule has 6 nitrogen and oxygen atoms in total. The van der Waals surface area contributed by atoms with Crippen molar-refractivity contribution in [1.82, 2.24) is 5.32 Å². The van der Waals surface area contributed by atoms with E-state index in [9.17, 15) is 19.8 Å². The minimum Gasteiger partial charge on any atom is -0.466 e. The molecule has 0 aliphatic carbocycles. The largest absolute Gasteiger partial charge is 0.466 e. The summed E-state index contributed by atoms with van der Waals surface area (Å²) in [6.45, 7) is 4.93. The van der Waals surface area contributed by atoms with Gasteiger partial charge in [-0.05, 0) is 64.2 Å². The molecular formula is C71H135NO5.